The molecule has 0 aliphatic heterocycles. The molecule has 1 fully saturated rings. The van der Waals surface area contributed by atoms with Gasteiger partial charge in [0.1, 0.15) is 4.33 Å². The van der Waals surface area contributed by atoms with Crippen molar-refractivity contribution in [1.82, 2.24) is 0 Å². The normalized spacial score (nSPS) is 38.2. The second-order valence-corrected chi connectivity index (χ2v) is 4.48. The van der Waals surface area contributed by atoms with E-state index in [0.717, 1.165) is 12.0 Å². The fourth-order valence-corrected chi connectivity index (χ4v) is 1.72. The summed E-state index contributed by atoms with van der Waals surface area (Å²) in [5.74, 6) is 0. The van der Waals surface area contributed by atoms with Crippen molar-refractivity contribution in [3.05, 3.63) is 12.2 Å². The third-order valence-corrected chi connectivity index (χ3v) is 3.30. The second-order valence-electron chi connectivity index (χ2n) is 2.99. The van der Waals surface area contributed by atoms with E-state index in [9.17, 15) is 0 Å². The Kier molecular flexibility index (Phi) is 1.38. The quantitative estimate of drug-likeness (QED) is 0.413. The molecule has 0 nitrogen and oxygen atoms in total. The Bertz CT molecular complexity index is 160. The zero-order valence-corrected chi connectivity index (χ0v) is 7.18. The Labute approximate surface area is 65.8 Å². The van der Waals surface area contributed by atoms with Crippen LogP contribution in [0.3, 0.4) is 0 Å². The molecule has 0 heterocycles. The highest BCUT2D eigenvalue weighted by molar-refractivity contribution is 6.51. The standard InChI is InChI=1S/C7H10Cl2/c1-5(2)6(3)4-7(6,8)9/h1,4H2,2-3H3. The smallest absolute Gasteiger partial charge is 0.101 e. The lowest BCUT2D eigenvalue weighted by Crippen LogP contribution is -2.04. The third-order valence-electron chi connectivity index (χ3n) is 2.20. The highest BCUT2D eigenvalue weighted by atomic mass is 35.5. The van der Waals surface area contributed by atoms with Crippen molar-refractivity contribution >= 4 is 23.2 Å². The Morgan fingerprint density at radius 3 is 1.89 bits per heavy atom. The van der Waals surface area contributed by atoms with Gasteiger partial charge in [-0.3, -0.25) is 0 Å². The molecule has 1 aliphatic carbocycles. The van der Waals surface area contributed by atoms with Crippen molar-refractivity contribution in [3.63, 3.8) is 0 Å². The fourth-order valence-electron chi connectivity index (χ4n) is 0.863. The van der Waals surface area contributed by atoms with Gasteiger partial charge >= 0.3 is 0 Å². The number of rotatable bonds is 1. The van der Waals surface area contributed by atoms with Gasteiger partial charge in [0, 0.05) is 5.41 Å². The Hall–Kier alpha value is 0.320. The number of allylic oxidation sites excluding steroid dienone is 1. The zero-order valence-electron chi connectivity index (χ0n) is 5.67. The van der Waals surface area contributed by atoms with E-state index < -0.39 is 4.33 Å². The lowest BCUT2D eigenvalue weighted by molar-refractivity contribution is 0.680. The Balaban J connectivity index is 2.74. The summed E-state index contributed by atoms with van der Waals surface area (Å²) in [4.78, 5) is 0. The van der Waals surface area contributed by atoms with Crippen LogP contribution in [-0.2, 0) is 0 Å². The van der Waals surface area contributed by atoms with Crippen LogP contribution in [-0.4, -0.2) is 4.33 Å². The first-order valence-corrected chi connectivity index (χ1v) is 3.69. The minimum Gasteiger partial charge on any atom is -0.101 e. The maximum absolute atomic E-state index is 5.85. The van der Waals surface area contributed by atoms with E-state index in [1.54, 1.807) is 0 Å². The molecule has 0 N–H and O–H groups in total. The van der Waals surface area contributed by atoms with E-state index in [2.05, 4.69) is 6.58 Å². The average Bonchev–Trinajstić information content (AvgIpc) is 2.08. The molecule has 9 heavy (non-hydrogen) atoms. The molecule has 0 aromatic rings. The molecule has 0 aromatic carbocycles. The van der Waals surface area contributed by atoms with Crippen LogP contribution in [0, 0.1) is 5.41 Å². The zero-order chi connectivity index (χ0) is 7.28. The maximum Gasteiger partial charge on any atom is 0.128 e. The molecular weight excluding hydrogens is 155 g/mol. The van der Waals surface area contributed by atoms with Crippen molar-refractivity contribution in [1.29, 1.82) is 0 Å². The highest BCUT2D eigenvalue weighted by Gasteiger charge is 2.63. The Morgan fingerprint density at radius 1 is 1.56 bits per heavy atom. The van der Waals surface area contributed by atoms with E-state index in [1.807, 2.05) is 13.8 Å². The summed E-state index contributed by atoms with van der Waals surface area (Å²) >= 11 is 11.7. The summed E-state index contributed by atoms with van der Waals surface area (Å²) in [5, 5.41) is 0. The summed E-state index contributed by atoms with van der Waals surface area (Å²) in [6, 6.07) is 0. The first-order chi connectivity index (χ1) is 3.90. The van der Waals surface area contributed by atoms with Gasteiger partial charge in [-0.25, -0.2) is 0 Å². The van der Waals surface area contributed by atoms with Gasteiger partial charge in [0.05, 0.1) is 0 Å². The van der Waals surface area contributed by atoms with Gasteiger partial charge in [0.25, 0.3) is 0 Å². The van der Waals surface area contributed by atoms with Gasteiger partial charge in [0.15, 0.2) is 0 Å². The van der Waals surface area contributed by atoms with Gasteiger partial charge in [-0.05, 0) is 13.3 Å². The van der Waals surface area contributed by atoms with Gasteiger partial charge in [0.2, 0.25) is 0 Å². The van der Waals surface area contributed by atoms with E-state index in [-0.39, 0.29) is 5.41 Å². The van der Waals surface area contributed by atoms with Crippen LogP contribution in [0.25, 0.3) is 0 Å². The van der Waals surface area contributed by atoms with Gasteiger partial charge in [-0.15, -0.1) is 23.2 Å². The van der Waals surface area contributed by atoms with Crippen molar-refractivity contribution in [3.8, 4) is 0 Å². The topological polar surface area (TPSA) is 0 Å². The van der Waals surface area contributed by atoms with Crippen molar-refractivity contribution in [2.45, 2.75) is 24.6 Å². The first kappa shape index (κ1) is 7.43. The summed E-state index contributed by atoms with van der Waals surface area (Å²) in [5.41, 5.74) is 1.06. The highest BCUT2D eigenvalue weighted by Crippen LogP contribution is 2.66. The van der Waals surface area contributed by atoms with Crippen molar-refractivity contribution in [2.75, 3.05) is 0 Å². The molecule has 2 heteroatoms. The van der Waals surface area contributed by atoms with Crippen LogP contribution in [0.4, 0.5) is 0 Å². The van der Waals surface area contributed by atoms with Crippen LogP contribution < -0.4 is 0 Å². The Morgan fingerprint density at radius 2 is 1.89 bits per heavy atom. The van der Waals surface area contributed by atoms with Crippen molar-refractivity contribution in [2.24, 2.45) is 5.41 Å². The minimum atomic E-state index is -0.529. The number of alkyl halides is 2. The molecule has 0 bridgehead atoms. The number of halogens is 2. The lowest BCUT2D eigenvalue weighted by Gasteiger charge is -2.09. The molecule has 0 saturated heterocycles. The van der Waals surface area contributed by atoms with E-state index in [4.69, 9.17) is 23.2 Å². The molecule has 52 valence electrons. The summed E-state index contributed by atoms with van der Waals surface area (Å²) in [6.45, 7) is 7.82. The summed E-state index contributed by atoms with van der Waals surface area (Å²) in [7, 11) is 0. The van der Waals surface area contributed by atoms with E-state index in [0.29, 0.717) is 0 Å². The van der Waals surface area contributed by atoms with E-state index in [1.165, 1.54) is 0 Å². The molecule has 0 aromatic heterocycles. The third kappa shape index (κ3) is 0.890. The van der Waals surface area contributed by atoms with E-state index >= 15 is 0 Å². The van der Waals surface area contributed by atoms with Gasteiger partial charge in [-0.1, -0.05) is 19.1 Å². The van der Waals surface area contributed by atoms with Crippen LogP contribution in [0.1, 0.15) is 20.3 Å². The maximum atomic E-state index is 5.85. The fraction of sp³-hybridized carbons (Fsp3) is 0.714. The van der Waals surface area contributed by atoms with Crippen LogP contribution in [0.15, 0.2) is 12.2 Å². The first-order valence-electron chi connectivity index (χ1n) is 2.94. The molecule has 1 atom stereocenters. The second kappa shape index (κ2) is 1.67. The molecule has 1 aliphatic rings. The van der Waals surface area contributed by atoms with Gasteiger partial charge in [-0.2, -0.15) is 0 Å². The van der Waals surface area contributed by atoms with Crippen LogP contribution >= 0.6 is 23.2 Å². The average molecular weight is 165 g/mol. The molecule has 1 unspecified atom stereocenters. The lowest BCUT2D eigenvalue weighted by atomic mass is 10.0. The predicted molar refractivity (Wildman–Crippen MR) is 42.0 cm³/mol. The van der Waals surface area contributed by atoms with Crippen LogP contribution in [0.5, 0.6) is 0 Å². The number of hydrogen-bond acceptors (Lipinski definition) is 0. The number of hydrogen-bond donors (Lipinski definition) is 0. The van der Waals surface area contributed by atoms with Gasteiger partial charge < -0.3 is 0 Å². The van der Waals surface area contributed by atoms with Crippen molar-refractivity contribution < 1.29 is 0 Å². The molecule has 1 saturated carbocycles. The molecule has 0 radical (unpaired) electrons. The van der Waals surface area contributed by atoms with Crippen LogP contribution in [0.2, 0.25) is 0 Å². The molecule has 0 amide bonds. The summed E-state index contributed by atoms with van der Waals surface area (Å²) in [6.07, 6.45) is 0.846. The SMILES string of the molecule is C=C(C)C1(C)CC1(Cl)Cl. The molecule has 0 spiro atoms. The minimum absolute atomic E-state index is 0.0177. The molecular formula is C7H10Cl2. The molecule has 1 rings (SSSR count). The monoisotopic (exact) mass is 164 g/mol. The summed E-state index contributed by atoms with van der Waals surface area (Å²) < 4.78 is -0.529. The largest absolute Gasteiger partial charge is 0.128 e. The predicted octanol–water partition coefficient (Wildman–Crippen LogP) is 3.15.